The van der Waals surface area contributed by atoms with E-state index in [0.29, 0.717) is 5.69 Å². The summed E-state index contributed by atoms with van der Waals surface area (Å²) in [6.07, 6.45) is -3.03. The van der Waals surface area contributed by atoms with E-state index in [0.717, 1.165) is 17.8 Å². The largest absolute Gasteiger partial charge is 0.416 e. The second kappa shape index (κ2) is 7.47. The van der Waals surface area contributed by atoms with Crippen LogP contribution in [0.1, 0.15) is 21.7 Å². The van der Waals surface area contributed by atoms with Crippen molar-refractivity contribution in [1.82, 2.24) is 24.8 Å². The molecule has 0 bridgehead atoms. The lowest BCUT2D eigenvalue weighted by molar-refractivity contribution is -0.137. The topological polar surface area (TPSA) is 77.6 Å². The molecule has 0 atom stereocenters. The van der Waals surface area contributed by atoms with Gasteiger partial charge < -0.3 is 5.32 Å². The van der Waals surface area contributed by atoms with Crippen molar-refractivity contribution in [2.45, 2.75) is 13.1 Å². The molecule has 7 nitrogen and oxygen atoms in total. The number of rotatable bonds is 4. The molecule has 0 fully saturated rings. The summed E-state index contributed by atoms with van der Waals surface area (Å²) < 4.78 is 41.8. The third kappa shape index (κ3) is 3.93. The van der Waals surface area contributed by atoms with Crippen molar-refractivity contribution < 1.29 is 18.0 Å². The zero-order valence-corrected chi connectivity index (χ0v) is 15.6. The number of para-hydroxylation sites is 1. The number of halogens is 3. The Morgan fingerprint density at radius 3 is 2.47 bits per heavy atom. The van der Waals surface area contributed by atoms with Gasteiger partial charge in [0.1, 0.15) is 5.82 Å². The summed E-state index contributed by atoms with van der Waals surface area (Å²) >= 11 is 0. The zero-order valence-electron chi connectivity index (χ0n) is 15.6. The maximum atomic E-state index is 13.0. The van der Waals surface area contributed by atoms with E-state index in [9.17, 15) is 18.0 Å². The molecule has 0 saturated heterocycles. The smallest absolute Gasteiger partial charge is 0.305 e. The minimum atomic E-state index is -4.49. The number of carbonyl (C=O) groups is 1. The number of nitrogens with zero attached hydrogens (tertiary/aromatic N) is 5. The summed E-state index contributed by atoms with van der Waals surface area (Å²) in [6.45, 7) is 1.67. The summed E-state index contributed by atoms with van der Waals surface area (Å²) in [4.78, 5) is 12.6. The summed E-state index contributed by atoms with van der Waals surface area (Å²) in [5.74, 6) is -0.351. The first-order chi connectivity index (χ1) is 14.3. The molecule has 4 rings (SSSR count). The molecule has 152 valence electrons. The number of carbonyl (C=O) groups excluding carboxylic acids is 1. The average molecular weight is 412 g/mol. The van der Waals surface area contributed by atoms with Crippen molar-refractivity contribution in [2.24, 2.45) is 0 Å². The fourth-order valence-corrected chi connectivity index (χ4v) is 2.85. The molecule has 2 aromatic heterocycles. The molecule has 0 aliphatic rings. The molecule has 10 heteroatoms. The van der Waals surface area contributed by atoms with Crippen LogP contribution in [0.15, 0.2) is 66.9 Å². The fourth-order valence-electron chi connectivity index (χ4n) is 2.85. The summed E-state index contributed by atoms with van der Waals surface area (Å²) in [7, 11) is 0. The number of hydrogen-bond acceptors (Lipinski definition) is 4. The van der Waals surface area contributed by atoms with Crippen molar-refractivity contribution in [3.8, 4) is 11.4 Å². The number of benzene rings is 2. The Morgan fingerprint density at radius 1 is 1.00 bits per heavy atom. The minimum absolute atomic E-state index is 0.0494. The Bertz CT molecular complexity index is 1200. The van der Waals surface area contributed by atoms with Gasteiger partial charge in [0.25, 0.3) is 5.91 Å². The minimum Gasteiger partial charge on any atom is -0.305 e. The molecule has 0 radical (unpaired) electrons. The third-order valence-electron chi connectivity index (χ3n) is 4.24. The molecule has 2 aromatic carbocycles. The molecule has 0 saturated carbocycles. The van der Waals surface area contributed by atoms with Crippen LogP contribution in [0.4, 0.5) is 19.0 Å². The predicted octanol–water partition coefficient (Wildman–Crippen LogP) is 4.03. The normalized spacial score (nSPS) is 11.5. The fraction of sp³-hybridized carbons (Fsp3) is 0.100. The standard InChI is InChI=1S/C20H15F3N6O/c1-13-10-18(29(26-13)16-9-5-6-14(11-16)20(21,22)23)24-19(30)17-12-28(27-25-17)15-7-3-2-4-8-15/h2-12H,1H3,(H,24,30). The van der Waals surface area contributed by atoms with Gasteiger partial charge in [0.2, 0.25) is 0 Å². The van der Waals surface area contributed by atoms with Crippen molar-refractivity contribution in [3.63, 3.8) is 0 Å². The highest BCUT2D eigenvalue weighted by atomic mass is 19.4. The average Bonchev–Trinajstić information content (AvgIpc) is 3.35. The number of aryl methyl sites for hydroxylation is 1. The second-order valence-electron chi connectivity index (χ2n) is 6.47. The highest BCUT2D eigenvalue weighted by molar-refractivity contribution is 6.02. The number of aromatic nitrogens is 5. The van der Waals surface area contributed by atoms with E-state index < -0.39 is 17.6 Å². The van der Waals surface area contributed by atoms with E-state index in [1.807, 2.05) is 30.3 Å². The first-order valence-electron chi connectivity index (χ1n) is 8.85. The van der Waals surface area contributed by atoms with Crippen LogP contribution >= 0.6 is 0 Å². The molecule has 0 spiro atoms. The van der Waals surface area contributed by atoms with Crippen molar-refractivity contribution in [2.75, 3.05) is 5.32 Å². The van der Waals surface area contributed by atoms with Crippen LogP contribution in [0, 0.1) is 6.92 Å². The van der Waals surface area contributed by atoms with Gasteiger partial charge in [-0.05, 0) is 37.3 Å². The highest BCUT2D eigenvalue weighted by Gasteiger charge is 2.30. The van der Waals surface area contributed by atoms with Crippen molar-refractivity contribution in [3.05, 3.63) is 83.8 Å². The Hall–Kier alpha value is -3.95. The molecule has 2 heterocycles. The molecule has 1 N–H and O–H groups in total. The number of amides is 1. The lowest BCUT2D eigenvalue weighted by Crippen LogP contribution is -2.16. The van der Waals surface area contributed by atoms with E-state index in [4.69, 9.17) is 0 Å². The number of anilines is 1. The quantitative estimate of drug-likeness (QED) is 0.549. The summed E-state index contributed by atoms with van der Waals surface area (Å²) in [5, 5.41) is 14.6. The lowest BCUT2D eigenvalue weighted by Gasteiger charge is -2.11. The third-order valence-corrected chi connectivity index (χ3v) is 4.24. The molecule has 1 amide bonds. The summed E-state index contributed by atoms with van der Waals surface area (Å²) in [6, 6.07) is 15.4. The molecular formula is C20H15F3N6O. The van der Waals surface area contributed by atoms with Crippen LogP contribution in [-0.2, 0) is 6.18 Å². The monoisotopic (exact) mass is 412 g/mol. The van der Waals surface area contributed by atoms with Gasteiger partial charge in [0.05, 0.1) is 28.8 Å². The predicted molar refractivity (Wildman–Crippen MR) is 103 cm³/mol. The highest BCUT2D eigenvalue weighted by Crippen LogP contribution is 2.31. The van der Waals surface area contributed by atoms with Crippen molar-refractivity contribution >= 4 is 11.7 Å². The molecule has 0 aliphatic heterocycles. The van der Waals surface area contributed by atoms with E-state index >= 15 is 0 Å². The Morgan fingerprint density at radius 2 is 1.73 bits per heavy atom. The van der Waals surface area contributed by atoms with Crippen LogP contribution in [0.2, 0.25) is 0 Å². The maximum absolute atomic E-state index is 13.0. The van der Waals surface area contributed by atoms with Gasteiger partial charge in [-0.2, -0.15) is 18.3 Å². The molecule has 4 aromatic rings. The Kier molecular flexibility index (Phi) is 4.82. The molecule has 0 aliphatic carbocycles. The van der Waals surface area contributed by atoms with Crippen LogP contribution < -0.4 is 5.32 Å². The van der Waals surface area contributed by atoms with E-state index in [1.54, 1.807) is 13.0 Å². The number of nitrogens with one attached hydrogen (secondary N) is 1. The van der Waals surface area contributed by atoms with E-state index in [2.05, 4.69) is 20.7 Å². The van der Waals surface area contributed by atoms with Gasteiger partial charge >= 0.3 is 6.18 Å². The first-order valence-corrected chi connectivity index (χ1v) is 8.85. The van der Waals surface area contributed by atoms with Gasteiger partial charge in [-0.3, -0.25) is 4.79 Å². The van der Waals surface area contributed by atoms with Crippen LogP contribution in [0.3, 0.4) is 0 Å². The van der Waals surface area contributed by atoms with Gasteiger partial charge in [-0.25, -0.2) is 9.36 Å². The SMILES string of the molecule is Cc1cc(NC(=O)c2cn(-c3ccccc3)nn2)n(-c2cccc(C(F)(F)F)c2)n1. The Labute approximate surface area is 168 Å². The van der Waals surface area contributed by atoms with Gasteiger partial charge in [-0.15, -0.1) is 5.10 Å². The molecule has 0 unspecified atom stereocenters. The number of alkyl halides is 3. The zero-order chi connectivity index (χ0) is 21.3. The molecular weight excluding hydrogens is 397 g/mol. The van der Waals surface area contributed by atoms with E-state index in [-0.39, 0.29) is 17.2 Å². The van der Waals surface area contributed by atoms with Crippen LogP contribution in [0.5, 0.6) is 0 Å². The summed E-state index contributed by atoms with van der Waals surface area (Å²) in [5.41, 5.74) is 0.662. The first kappa shape index (κ1) is 19.4. The van der Waals surface area contributed by atoms with Gasteiger partial charge in [0.15, 0.2) is 5.69 Å². The molecule has 30 heavy (non-hydrogen) atoms. The number of hydrogen-bond donors (Lipinski definition) is 1. The van der Waals surface area contributed by atoms with Crippen LogP contribution in [-0.4, -0.2) is 30.7 Å². The van der Waals surface area contributed by atoms with Gasteiger partial charge in [-0.1, -0.05) is 29.5 Å². The van der Waals surface area contributed by atoms with Gasteiger partial charge in [0, 0.05) is 6.07 Å². The van der Waals surface area contributed by atoms with Crippen molar-refractivity contribution in [1.29, 1.82) is 0 Å². The Balaban J connectivity index is 1.61. The lowest BCUT2D eigenvalue weighted by atomic mass is 10.2. The second-order valence-corrected chi connectivity index (χ2v) is 6.47. The van der Waals surface area contributed by atoms with Crippen LogP contribution in [0.25, 0.3) is 11.4 Å². The maximum Gasteiger partial charge on any atom is 0.416 e. The van der Waals surface area contributed by atoms with E-state index in [1.165, 1.54) is 27.7 Å².